The molecule has 8 heteroatoms. The number of hydrogen-bond acceptors (Lipinski definition) is 6. The molecule has 0 spiro atoms. The quantitative estimate of drug-likeness (QED) is 0.779. The fourth-order valence-corrected chi connectivity index (χ4v) is 4.21. The van der Waals surface area contributed by atoms with Crippen molar-refractivity contribution >= 4 is 39.6 Å². The summed E-state index contributed by atoms with van der Waals surface area (Å²) in [7, 11) is 0. The first kappa shape index (κ1) is 15.1. The third-order valence-corrected chi connectivity index (χ3v) is 5.43. The number of hydrogen-bond donors (Lipinski definition) is 1. The van der Waals surface area contributed by atoms with Crippen LogP contribution in [0.4, 0.5) is 5.13 Å². The van der Waals surface area contributed by atoms with Crippen molar-refractivity contribution in [2.24, 2.45) is 0 Å². The van der Waals surface area contributed by atoms with Crippen LogP contribution in [0.15, 0.2) is 39.6 Å². The second-order valence-electron chi connectivity index (χ2n) is 5.31. The molecule has 4 heterocycles. The topological polar surface area (TPSA) is 75.4 Å². The molecule has 0 aliphatic carbocycles. The Morgan fingerprint density at radius 1 is 1.33 bits per heavy atom. The predicted octanol–water partition coefficient (Wildman–Crippen LogP) is 3.25. The Morgan fingerprint density at radius 2 is 2.25 bits per heavy atom. The molecule has 1 aliphatic heterocycles. The van der Waals surface area contributed by atoms with E-state index in [1.54, 1.807) is 12.1 Å². The number of rotatable bonds is 3. The summed E-state index contributed by atoms with van der Waals surface area (Å²) in [5.74, 6) is -0.0359. The zero-order chi connectivity index (χ0) is 16.5. The van der Waals surface area contributed by atoms with Crippen molar-refractivity contribution in [1.29, 1.82) is 0 Å². The van der Waals surface area contributed by atoms with E-state index in [0.717, 1.165) is 16.1 Å². The van der Waals surface area contributed by atoms with Gasteiger partial charge in [-0.15, -0.1) is 0 Å². The molecule has 0 unspecified atom stereocenters. The Labute approximate surface area is 145 Å². The molecule has 6 nitrogen and oxygen atoms in total. The van der Waals surface area contributed by atoms with Crippen molar-refractivity contribution < 1.29 is 14.0 Å². The summed E-state index contributed by atoms with van der Waals surface area (Å²) < 4.78 is 5.07. The molecule has 0 bridgehead atoms. The van der Waals surface area contributed by atoms with Gasteiger partial charge >= 0.3 is 0 Å². The van der Waals surface area contributed by atoms with E-state index in [1.807, 2.05) is 21.7 Å². The lowest BCUT2D eigenvalue weighted by molar-refractivity contribution is 0.0736. The molecular weight excluding hydrogens is 346 g/mol. The molecular formula is C16H13N3O3S2. The molecule has 3 aromatic rings. The molecule has 4 rings (SSSR count). The zero-order valence-electron chi connectivity index (χ0n) is 12.5. The van der Waals surface area contributed by atoms with E-state index in [9.17, 15) is 9.59 Å². The number of thiazole rings is 1. The highest BCUT2D eigenvalue weighted by Gasteiger charge is 2.25. The highest BCUT2D eigenvalue weighted by atomic mass is 32.1. The van der Waals surface area contributed by atoms with Crippen LogP contribution < -0.4 is 5.32 Å². The minimum Gasteiger partial charge on any atom is -0.459 e. The summed E-state index contributed by atoms with van der Waals surface area (Å²) in [6.45, 7) is 1.16. The number of nitrogens with one attached hydrogen (secondary N) is 1. The third-order valence-electron chi connectivity index (χ3n) is 3.75. The largest absolute Gasteiger partial charge is 0.459 e. The smallest absolute Gasteiger partial charge is 0.293 e. The highest BCUT2D eigenvalue weighted by molar-refractivity contribution is 7.15. The number of nitrogens with zero attached hydrogens (tertiary/aromatic N) is 2. The van der Waals surface area contributed by atoms with Crippen molar-refractivity contribution in [3.05, 3.63) is 57.1 Å². The normalized spacial score (nSPS) is 13.6. The lowest BCUT2D eigenvalue weighted by Crippen LogP contribution is -2.35. The summed E-state index contributed by atoms with van der Waals surface area (Å²) in [6, 6.07) is 5.10. The second kappa shape index (κ2) is 6.21. The first-order chi connectivity index (χ1) is 11.7. The molecule has 1 N–H and O–H groups in total. The van der Waals surface area contributed by atoms with Crippen molar-refractivity contribution in [2.75, 3.05) is 11.9 Å². The van der Waals surface area contributed by atoms with Gasteiger partial charge in [-0.2, -0.15) is 11.3 Å². The van der Waals surface area contributed by atoms with Crippen LogP contribution in [-0.4, -0.2) is 28.2 Å². The van der Waals surface area contributed by atoms with Gasteiger partial charge < -0.3 is 9.32 Å². The number of amides is 2. The van der Waals surface area contributed by atoms with Gasteiger partial charge in [0.2, 0.25) is 0 Å². The summed E-state index contributed by atoms with van der Waals surface area (Å²) in [5.41, 5.74) is 1.67. The number of anilines is 1. The number of carbonyl (C=O) groups is 2. The van der Waals surface area contributed by atoms with Crippen molar-refractivity contribution in [3.8, 4) is 0 Å². The van der Waals surface area contributed by atoms with Crippen LogP contribution in [-0.2, 0) is 13.0 Å². The van der Waals surface area contributed by atoms with Gasteiger partial charge in [-0.25, -0.2) is 4.98 Å². The monoisotopic (exact) mass is 359 g/mol. The van der Waals surface area contributed by atoms with Gasteiger partial charge in [0.15, 0.2) is 10.9 Å². The van der Waals surface area contributed by atoms with Crippen molar-refractivity contribution in [3.63, 3.8) is 0 Å². The number of carbonyl (C=O) groups excluding carboxylic acids is 2. The zero-order valence-corrected chi connectivity index (χ0v) is 14.2. The Hall–Kier alpha value is -2.45. The van der Waals surface area contributed by atoms with E-state index >= 15 is 0 Å². The van der Waals surface area contributed by atoms with E-state index in [2.05, 4.69) is 10.3 Å². The van der Waals surface area contributed by atoms with Crippen LogP contribution in [0.1, 0.15) is 31.5 Å². The number of thiophene rings is 1. The minimum atomic E-state index is -0.322. The summed E-state index contributed by atoms with van der Waals surface area (Å²) >= 11 is 2.92. The van der Waals surface area contributed by atoms with E-state index in [4.69, 9.17) is 4.42 Å². The van der Waals surface area contributed by atoms with Crippen LogP contribution in [0.2, 0.25) is 0 Å². The summed E-state index contributed by atoms with van der Waals surface area (Å²) in [5, 5.41) is 7.04. The number of fused-ring (bicyclic) bond motifs is 1. The van der Waals surface area contributed by atoms with Crippen LogP contribution in [0.3, 0.4) is 0 Å². The van der Waals surface area contributed by atoms with Crippen LogP contribution >= 0.6 is 22.7 Å². The number of furan rings is 1. The van der Waals surface area contributed by atoms with Gasteiger partial charge in [0.25, 0.3) is 11.8 Å². The van der Waals surface area contributed by atoms with Crippen molar-refractivity contribution in [2.45, 2.75) is 13.0 Å². The first-order valence-corrected chi connectivity index (χ1v) is 9.11. The Kier molecular flexibility index (Phi) is 3.91. The van der Waals surface area contributed by atoms with Gasteiger partial charge in [-0.1, -0.05) is 11.3 Å². The maximum absolute atomic E-state index is 12.4. The molecule has 24 heavy (non-hydrogen) atoms. The Balaban J connectivity index is 1.48. The molecule has 0 saturated carbocycles. The first-order valence-electron chi connectivity index (χ1n) is 7.35. The average Bonchev–Trinajstić information content (AvgIpc) is 3.32. The molecule has 1 aliphatic rings. The minimum absolute atomic E-state index is 0.0384. The van der Waals surface area contributed by atoms with E-state index < -0.39 is 0 Å². The Morgan fingerprint density at radius 3 is 3.00 bits per heavy atom. The summed E-state index contributed by atoms with van der Waals surface area (Å²) in [6.07, 6.45) is 2.15. The van der Waals surface area contributed by atoms with Crippen molar-refractivity contribution in [1.82, 2.24) is 9.88 Å². The van der Waals surface area contributed by atoms with Gasteiger partial charge in [0, 0.05) is 23.2 Å². The van der Waals surface area contributed by atoms with E-state index in [0.29, 0.717) is 24.6 Å². The van der Waals surface area contributed by atoms with Crippen LogP contribution in [0.25, 0.3) is 0 Å². The lowest BCUT2D eigenvalue weighted by Gasteiger charge is -2.25. The van der Waals surface area contributed by atoms with Gasteiger partial charge in [-0.05, 0) is 23.6 Å². The molecule has 0 saturated heterocycles. The lowest BCUT2D eigenvalue weighted by atomic mass is 10.1. The third kappa shape index (κ3) is 2.85. The SMILES string of the molecule is O=C(Nc1nc2c(s1)CN(C(=O)c1ccsc1)CC2)c1ccco1. The molecule has 0 aromatic carbocycles. The molecule has 0 atom stereocenters. The molecule has 122 valence electrons. The maximum atomic E-state index is 12.4. The van der Waals surface area contributed by atoms with Gasteiger partial charge in [-0.3, -0.25) is 14.9 Å². The molecule has 3 aromatic heterocycles. The molecule has 0 radical (unpaired) electrons. The van der Waals surface area contributed by atoms with E-state index in [1.165, 1.54) is 28.9 Å². The van der Waals surface area contributed by atoms with E-state index in [-0.39, 0.29) is 17.6 Å². The van der Waals surface area contributed by atoms with Gasteiger partial charge in [0.1, 0.15) is 0 Å². The van der Waals surface area contributed by atoms with Crippen LogP contribution in [0, 0.1) is 0 Å². The average molecular weight is 359 g/mol. The standard InChI is InChI=1S/C16H13N3O3S2/c20-14(12-2-1-6-22-12)18-16-17-11-3-5-19(8-13(11)24-16)15(21)10-4-7-23-9-10/h1-2,4,6-7,9H,3,5,8H2,(H,17,18,20). The second-order valence-corrected chi connectivity index (χ2v) is 7.17. The fourth-order valence-electron chi connectivity index (χ4n) is 2.56. The summed E-state index contributed by atoms with van der Waals surface area (Å²) in [4.78, 5) is 31.8. The fraction of sp³-hybridized carbons (Fsp3) is 0.188. The van der Waals surface area contributed by atoms with Crippen LogP contribution in [0.5, 0.6) is 0 Å². The highest BCUT2D eigenvalue weighted by Crippen LogP contribution is 2.29. The number of aromatic nitrogens is 1. The molecule has 0 fully saturated rings. The predicted molar refractivity (Wildman–Crippen MR) is 91.5 cm³/mol. The molecule has 2 amide bonds. The maximum Gasteiger partial charge on any atom is 0.293 e. The van der Waals surface area contributed by atoms with Gasteiger partial charge in [0.05, 0.1) is 24.1 Å². The Bertz CT molecular complexity index is 869.